The van der Waals surface area contributed by atoms with E-state index in [1.807, 2.05) is 30.3 Å². The highest BCUT2D eigenvalue weighted by Gasteiger charge is 2.40. The molecule has 2 fully saturated rings. The summed E-state index contributed by atoms with van der Waals surface area (Å²) in [6.45, 7) is 0.394. The molecule has 23 heavy (non-hydrogen) atoms. The van der Waals surface area contributed by atoms with Crippen LogP contribution in [0.25, 0.3) is 0 Å². The number of esters is 1. The zero-order chi connectivity index (χ0) is 16.2. The van der Waals surface area contributed by atoms with Gasteiger partial charge in [-0.25, -0.2) is 0 Å². The molecule has 0 aromatic heterocycles. The second-order valence-electron chi connectivity index (χ2n) is 6.47. The van der Waals surface area contributed by atoms with Gasteiger partial charge in [0, 0.05) is 12.1 Å². The summed E-state index contributed by atoms with van der Waals surface area (Å²) in [4.78, 5) is 25.5. The summed E-state index contributed by atoms with van der Waals surface area (Å²) in [5, 5.41) is 0. The van der Waals surface area contributed by atoms with E-state index in [1.165, 1.54) is 12.8 Å². The number of benzene rings is 1. The van der Waals surface area contributed by atoms with Crippen molar-refractivity contribution in [1.82, 2.24) is 4.90 Å². The van der Waals surface area contributed by atoms with Crippen LogP contribution < -0.4 is 0 Å². The predicted molar refractivity (Wildman–Crippen MR) is 84.9 cm³/mol. The van der Waals surface area contributed by atoms with Gasteiger partial charge in [0.25, 0.3) is 6.47 Å². The first-order chi connectivity index (χ1) is 11.2. The smallest absolute Gasteiger partial charge is 0.317 e. The van der Waals surface area contributed by atoms with Gasteiger partial charge >= 0.3 is 5.97 Å². The molecule has 0 radical (unpaired) electrons. The van der Waals surface area contributed by atoms with Crippen LogP contribution in [-0.2, 0) is 19.1 Å². The van der Waals surface area contributed by atoms with E-state index in [4.69, 9.17) is 9.47 Å². The average Bonchev–Trinajstić information content (AvgIpc) is 2.77. The molecule has 124 valence electrons. The van der Waals surface area contributed by atoms with Gasteiger partial charge in [0.05, 0.1) is 0 Å². The Hall–Kier alpha value is -1.88. The zero-order valence-corrected chi connectivity index (χ0v) is 13.4. The van der Waals surface area contributed by atoms with Gasteiger partial charge in [-0.1, -0.05) is 30.3 Å². The Bertz CT molecular complexity index is 533. The molecule has 5 nitrogen and oxygen atoms in total. The van der Waals surface area contributed by atoms with Crippen molar-refractivity contribution in [3.05, 3.63) is 35.9 Å². The van der Waals surface area contributed by atoms with Crippen molar-refractivity contribution in [2.24, 2.45) is 0 Å². The average molecular weight is 317 g/mol. The molecule has 0 aliphatic carbocycles. The fourth-order valence-electron chi connectivity index (χ4n) is 3.83. The summed E-state index contributed by atoms with van der Waals surface area (Å²) >= 11 is 0. The molecule has 2 bridgehead atoms. The van der Waals surface area contributed by atoms with Crippen molar-refractivity contribution in [1.29, 1.82) is 0 Å². The van der Waals surface area contributed by atoms with Gasteiger partial charge in [-0.15, -0.1) is 0 Å². The van der Waals surface area contributed by atoms with Gasteiger partial charge in [-0.3, -0.25) is 9.59 Å². The number of hydrogen-bond acceptors (Lipinski definition) is 5. The summed E-state index contributed by atoms with van der Waals surface area (Å²) in [5.41, 5.74) is 0.815. The number of carbonyl (C=O) groups excluding carboxylic acids is 2. The second-order valence-corrected chi connectivity index (χ2v) is 6.47. The van der Waals surface area contributed by atoms with E-state index in [2.05, 4.69) is 11.9 Å². The van der Waals surface area contributed by atoms with Gasteiger partial charge in [0.15, 0.2) is 0 Å². The molecule has 5 heteroatoms. The van der Waals surface area contributed by atoms with Crippen molar-refractivity contribution in [3.63, 3.8) is 0 Å². The van der Waals surface area contributed by atoms with Crippen molar-refractivity contribution < 1.29 is 19.1 Å². The molecule has 2 aliphatic rings. The summed E-state index contributed by atoms with van der Waals surface area (Å²) in [6.07, 6.45) is 4.14. The third kappa shape index (κ3) is 3.55. The summed E-state index contributed by atoms with van der Waals surface area (Å²) in [6, 6.07) is 10.4. The Morgan fingerprint density at radius 1 is 1.26 bits per heavy atom. The number of fused-ring (bicyclic) bond motifs is 2. The SMILES string of the molecule is CN1C2CCC1CC(OC(=O)C(COC=O)c1ccccc1)C2. The molecular formula is C18H23NO4. The highest BCUT2D eigenvalue weighted by molar-refractivity contribution is 5.78. The molecule has 3 unspecified atom stereocenters. The fraction of sp³-hybridized carbons (Fsp3) is 0.556. The molecule has 2 heterocycles. The van der Waals surface area contributed by atoms with Gasteiger partial charge in [-0.2, -0.15) is 0 Å². The van der Waals surface area contributed by atoms with Crippen LogP contribution in [-0.4, -0.2) is 49.2 Å². The first kappa shape index (κ1) is 16.0. The maximum absolute atomic E-state index is 12.6. The van der Waals surface area contributed by atoms with E-state index in [9.17, 15) is 9.59 Å². The van der Waals surface area contributed by atoms with Crippen LogP contribution >= 0.6 is 0 Å². The quantitative estimate of drug-likeness (QED) is 0.594. The van der Waals surface area contributed by atoms with Crippen molar-refractivity contribution in [3.8, 4) is 0 Å². The molecule has 2 saturated heterocycles. The van der Waals surface area contributed by atoms with Crippen LogP contribution in [0, 0.1) is 0 Å². The lowest BCUT2D eigenvalue weighted by atomic mass is 9.98. The molecule has 1 aromatic rings. The number of carbonyl (C=O) groups is 2. The lowest BCUT2D eigenvalue weighted by Crippen LogP contribution is -2.43. The first-order valence-corrected chi connectivity index (χ1v) is 8.21. The highest BCUT2D eigenvalue weighted by Crippen LogP contribution is 2.36. The number of nitrogens with zero attached hydrogens (tertiary/aromatic N) is 1. The summed E-state index contributed by atoms with van der Waals surface area (Å²) in [7, 11) is 2.16. The Kier molecular flexibility index (Phi) is 4.96. The van der Waals surface area contributed by atoms with Gasteiger partial charge < -0.3 is 14.4 Å². The minimum atomic E-state index is -0.557. The third-order valence-electron chi connectivity index (χ3n) is 5.16. The van der Waals surface area contributed by atoms with E-state index in [0.717, 1.165) is 18.4 Å². The van der Waals surface area contributed by atoms with Crippen LogP contribution in [0.3, 0.4) is 0 Å². The largest absolute Gasteiger partial charge is 0.467 e. The molecule has 2 aliphatic heterocycles. The Morgan fingerprint density at radius 3 is 2.52 bits per heavy atom. The molecule has 3 rings (SSSR count). The number of hydrogen-bond donors (Lipinski definition) is 0. The molecule has 3 atom stereocenters. The fourth-order valence-corrected chi connectivity index (χ4v) is 3.83. The van der Waals surface area contributed by atoms with Crippen molar-refractivity contribution >= 4 is 12.4 Å². The number of piperidine rings is 1. The van der Waals surface area contributed by atoms with E-state index in [0.29, 0.717) is 18.6 Å². The third-order valence-corrected chi connectivity index (χ3v) is 5.16. The Labute approximate surface area is 136 Å². The minimum Gasteiger partial charge on any atom is -0.467 e. The predicted octanol–water partition coefficient (Wildman–Crippen LogP) is 2.11. The topological polar surface area (TPSA) is 55.8 Å². The van der Waals surface area contributed by atoms with Crippen LogP contribution in [0.4, 0.5) is 0 Å². The zero-order valence-electron chi connectivity index (χ0n) is 13.4. The molecular weight excluding hydrogens is 294 g/mol. The van der Waals surface area contributed by atoms with Crippen molar-refractivity contribution in [2.45, 2.75) is 49.8 Å². The molecule has 1 aromatic carbocycles. The normalized spacial score (nSPS) is 28.1. The van der Waals surface area contributed by atoms with Crippen LogP contribution in [0.5, 0.6) is 0 Å². The van der Waals surface area contributed by atoms with Crippen LogP contribution in [0.15, 0.2) is 30.3 Å². The monoisotopic (exact) mass is 317 g/mol. The highest BCUT2D eigenvalue weighted by atomic mass is 16.6. The van der Waals surface area contributed by atoms with Gasteiger partial charge in [-0.05, 0) is 38.3 Å². The summed E-state index contributed by atoms with van der Waals surface area (Å²) < 4.78 is 10.6. The van der Waals surface area contributed by atoms with Crippen LogP contribution in [0.1, 0.15) is 37.2 Å². The summed E-state index contributed by atoms with van der Waals surface area (Å²) in [5.74, 6) is -0.856. The standard InChI is InChI=1S/C18H23NO4/c1-19-14-7-8-15(19)10-16(9-14)23-18(21)17(11-22-12-20)13-5-3-2-4-6-13/h2-6,12,14-17H,7-11H2,1H3. The lowest BCUT2D eigenvalue weighted by molar-refractivity contribution is -0.156. The Balaban J connectivity index is 1.65. The number of ether oxygens (including phenoxy) is 2. The number of rotatable bonds is 6. The van der Waals surface area contributed by atoms with Gasteiger partial charge in [0.1, 0.15) is 18.6 Å². The molecule has 0 spiro atoms. The first-order valence-electron chi connectivity index (χ1n) is 8.21. The Morgan fingerprint density at radius 2 is 1.91 bits per heavy atom. The second kappa shape index (κ2) is 7.13. The van der Waals surface area contributed by atoms with Crippen molar-refractivity contribution in [2.75, 3.05) is 13.7 Å². The minimum absolute atomic E-state index is 0.0197. The van der Waals surface area contributed by atoms with E-state index >= 15 is 0 Å². The van der Waals surface area contributed by atoms with E-state index in [-0.39, 0.29) is 18.7 Å². The van der Waals surface area contributed by atoms with E-state index in [1.54, 1.807) is 0 Å². The van der Waals surface area contributed by atoms with Gasteiger partial charge in [0.2, 0.25) is 0 Å². The maximum Gasteiger partial charge on any atom is 0.317 e. The molecule has 0 N–H and O–H groups in total. The molecule has 0 amide bonds. The molecule has 0 saturated carbocycles. The van der Waals surface area contributed by atoms with E-state index < -0.39 is 5.92 Å². The van der Waals surface area contributed by atoms with Crippen LogP contribution in [0.2, 0.25) is 0 Å². The maximum atomic E-state index is 12.6. The lowest BCUT2D eigenvalue weighted by Gasteiger charge is -2.36.